The molecule has 0 heterocycles. The summed E-state index contributed by atoms with van der Waals surface area (Å²) in [7, 11) is 0. The van der Waals surface area contributed by atoms with E-state index in [0.717, 1.165) is 11.5 Å². The van der Waals surface area contributed by atoms with Crippen LogP contribution in [-0.2, 0) is 6.42 Å². The fourth-order valence-electron chi connectivity index (χ4n) is 3.71. The third-order valence-corrected chi connectivity index (χ3v) is 5.21. The third kappa shape index (κ3) is 6.56. The summed E-state index contributed by atoms with van der Waals surface area (Å²) in [6.45, 7) is 2.25. The predicted molar refractivity (Wildman–Crippen MR) is 89.7 cm³/mol. The van der Waals surface area contributed by atoms with Gasteiger partial charge in [-0.2, -0.15) is 13.2 Å². The van der Waals surface area contributed by atoms with Crippen molar-refractivity contribution in [2.45, 2.75) is 83.2 Å². The summed E-state index contributed by atoms with van der Waals surface area (Å²) < 4.78 is 36.8. The number of hydrogen-bond donors (Lipinski definition) is 0. The Morgan fingerprint density at radius 2 is 1.61 bits per heavy atom. The molecule has 0 aliphatic heterocycles. The van der Waals surface area contributed by atoms with E-state index in [9.17, 15) is 13.2 Å². The molecule has 0 N–H and O–H groups in total. The molecule has 2 rings (SSSR count). The second-order valence-electron chi connectivity index (χ2n) is 7.07. The van der Waals surface area contributed by atoms with Crippen molar-refractivity contribution >= 4 is 0 Å². The number of aryl methyl sites for hydroxylation is 1. The van der Waals surface area contributed by atoms with Gasteiger partial charge < -0.3 is 0 Å². The Hall–Kier alpha value is -0.990. The van der Waals surface area contributed by atoms with E-state index >= 15 is 0 Å². The first kappa shape index (κ1) is 18.4. The van der Waals surface area contributed by atoms with Crippen molar-refractivity contribution in [2.24, 2.45) is 5.92 Å². The zero-order valence-electron chi connectivity index (χ0n) is 14.2. The van der Waals surface area contributed by atoms with Crippen LogP contribution < -0.4 is 0 Å². The molecular weight excluding hydrogens is 297 g/mol. The topological polar surface area (TPSA) is 0 Å². The van der Waals surface area contributed by atoms with Crippen LogP contribution in [-0.4, -0.2) is 6.18 Å². The van der Waals surface area contributed by atoms with E-state index in [-0.39, 0.29) is 6.42 Å². The fraction of sp³-hybridized carbons (Fsp3) is 0.700. The molecule has 0 nitrogen and oxygen atoms in total. The van der Waals surface area contributed by atoms with Gasteiger partial charge in [-0.3, -0.25) is 0 Å². The molecule has 1 aromatic carbocycles. The quantitative estimate of drug-likeness (QED) is 0.472. The zero-order chi connectivity index (χ0) is 16.7. The summed E-state index contributed by atoms with van der Waals surface area (Å²) >= 11 is 0. The Morgan fingerprint density at radius 1 is 0.957 bits per heavy atom. The van der Waals surface area contributed by atoms with E-state index < -0.39 is 12.6 Å². The van der Waals surface area contributed by atoms with Crippen LogP contribution >= 0.6 is 0 Å². The molecule has 0 spiro atoms. The molecule has 0 unspecified atom stereocenters. The minimum Gasteiger partial charge on any atom is -0.171 e. The van der Waals surface area contributed by atoms with Crippen LogP contribution in [0.5, 0.6) is 0 Å². The summed E-state index contributed by atoms with van der Waals surface area (Å²) in [6.07, 6.45) is 5.76. The summed E-state index contributed by atoms with van der Waals surface area (Å²) in [5.41, 5.74) is 2.10. The highest BCUT2D eigenvalue weighted by molar-refractivity contribution is 5.26. The maximum Gasteiger partial charge on any atom is 0.389 e. The first-order valence-corrected chi connectivity index (χ1v) is 9.13. The Labute approximate surface area is 138 Å². The molecule has 0 saturated heterocycles. The Bertz CT molecular complexity index is 439. The first-order valence-electron chi connectivity index (χ1n) is 9.13. The minimum absolute atomic E-state index is 0.0912. The van der Waals surface area contributed by atoms with Gasteiger partial charge in [-0.1, -0.05) is 56.9 Å². The van der Waals surface area contributed by atoms with E-state index in [0.29, 0.717) is 5.92 Å². The van der Waals surface area contributed by atoms with Crippen molar-refractivity contribution in [1.82, 2.24) is 0 Å². The van der Waals surface area contributed by atoms with Crippen molar-refractivity contribution in [2.75, 3.05) is 0 Å². The summed E-state index contributed by atoms with van der Waals surface area (Å²) in [6, 6.07) is 7.87. The molecule has 0 bridgehead atoms. The standard InChI is InChI=1S/C20H29F3/c1-2-3-4-5-16-6-10-18(11-7-16)19-12-8-17(9-13-19)14-15-20(21,22)23/h8-9,12-13,16,18H,2-7,10-11,14-15H2,1H3/t16-,18-. The molecular formula is C20H29F3. The third-order valence-electron chi connectivity index (χ3n) is 5.21. The van der Waals surface area contributed by atoms with Crippen molar-refractivity contribution < 1.29 is 13.2 Å². The lowest BCUT2D eigenvalue weighted by Crippen LogP contribution is -2.13. The fourth-order valence-corrected chi connectivity index (χ4v) is 3.71. The lowest BCUT2D eigenvalue weighted by Gasteiger charge is -2.29. The normalized spacial score (nSPS) is 22.3. The van der Waals surface area contributed by atoms with Crippen LogP contribution in [0.4, 0.5) is 13.2 Å². The van der Waals surface area contributed by atoms with Gasteiger partial charge in [0, 0.05) is 6.42 Å². The number of halogens is 3. The molecule has 1 aliphatic rings. The summed E-state index contributed by atoms with van der Waals surface area (Å²) in [4.78, 5) is 0. The molecule has 23 heavy (non-hydrogen) atoms. The van der Waals surface area contributed by atoms with Crippen LogP contribution in [0.15, 0.2) is 24.3 Å². The molecule has 130 valence electrons. The van der Waals surface area contributed by atoms with Crippen LogP contribution in [0.2, 0.25) is 0 Å². The number of alkyl halides is 3. The van der Waals surface area contributed by atoms with Gasteiger partial charge >= 0.3 is 6.18 Å². The average molecular weight is 326 g/mol. The van der Waals surface area contributed by atoms with Crippen molar-refractivity contribution in [1.29, 1.82) is 0 Å². The smallest absolute Gasteiger partial charge is 0.171 e. The first-order chi connectivity index (χ1) is 11.0. The van der Waals surface area contributed by atoms with Crippen LogP contribution in [0, 0.1) is 5.92 Å². The van der Waals surface area contributed by atoms with E-state index in [2.05, 4.69) is 6.92 Å². The van der Waals surface area contributed by atoms with Crippen molar-refractivity contribution in [3.8, 4) is 0 Å². The minimum atomic E-state index is -4.06. The number of unbranched alkanes of at least 4 members (excludes halogenated alkanes) is 2. The number of rotatable bonds is 7. The Morgan fingerprint density at radius 3 is 2.17 bits per heavy atom. The van der Waals surface area contributed by atoms with Crippen LogP contribution in [0.1, 0.15) is 81.8 Å². The molecule has 0 aromatic heterocycles. The molecule has 3 heteroatoms. The molecule has 0 atom stereocenters. The van der Waals surface area contributed by atoms with Gasteiger partial charge in [-0.05, 0) is 55.1 Å². The van der Waals surface area contributed by atoms with Gasteiger partial charge in [0.15, 0.2) is 0 Å². The zero-order valence-corrected chi connectivity index (χ0v) is 14.2. The SMILES string of the molecule is CCCCC[C@H]1CC[C@H](c2ccc(CCC(F)(F)F)cc2)CC1. The predicted octanol–water partition coefficient (Wildman–Crippen LogP) is 7.04. The molecule has 1 saturated carbocycles. The maximum atomic E-state index is 12.3. The van der Waals surface area contributed by atoms with Crippen LogP contribution in [0.3, 0.4) is 0 Å². The van der Waals surface area contributed by atoms with E-state index in [1.54, 1.807) is 0 Å². The molecule has 1 aromatic rings. The van der Waals surface area contributed by atoms with Crippen molar-refractivity contribution in [3.63, 3.8) is 0 Å². The van der Waals surface area contributed by atoms with Crippen molar-refractivity contribution in [3.05, 3.63) is 35.4 Å². The highest BCUT2D eigenvalue weighted by Crippen LogP contribution is 2.37. The van der Waals surface area contributed by atoms with Crippen LogP contribution in [0.25, 0.3) is 0 Å². The molecule has 0 amide bonds. The van der Waals surface area contributed by atoms with E-state index in [1.165, 1.54) is 56.9 Å². The summed E-state index contributed by atoms with van der Waals surface area (Å²) in [5.74, 6) is 1.50. The highest BCUT2D eigenvalue weighted by atomic mass is 19.4. The van der Waals surface area contributed by atoms with Gasteiger partial charge in [0.05, 0.1) is 0 Å². The monoisotopic (exact) mass is 326 g/mol. The second kappa shape index (κ2) is 8.75. The maximum absolute atomic E-state index is 12.3. The molecule has 0 radical (unpaired) electrons. The van der Waals surface area contributed by atoms with E-state index in [4.69, 9.17) is 0 Å². The lowest BCUT2D eigenvalue weighted by atomic mass is 9.77. The van der Waals surface area contributed by atoms with Gasteiger partial charge in [-0.15, -0.1) is 0 Å². The number of benzene rings is 1. The number of hydrogen-bond acceptors (Lipinski definition) is 0. The highest BCUT2D eigenvalue weighted by Gasteiger charge is 2.26. The van der Waals surface area contributed by atoms with Gasteiger partial charge in [0.2, 0.25) is 0 Å². The molecule has 1 fully saturated rings. The average Bonchev–Trinajstić information content (AvgIpc) is 2.54. The van der Waals surface area contributed by atoms with Gasteiger partial charge in [-0.25, -0.2) is 0 Å². The lowest BCUT2D eigenvalue weighted by molar-refractivity contribution is -0.133. The van der Waals surface area contributed by atoms with E-state index in [1.807, 2.05) is 24.3 Å². The second-order valence-corrected chi connectivity index (χ2v) is 7.07. The summed E-state index contributed by atoms with van der Waals surface area (Å²) in [5, 5.41) is 0. The molecule has 1 aliphatic carbocycles. The largest absolute Gasteiger partial charge is 0.389 e. The van der Waals surface area contributed by atoms with Gasteiger partial charge in [0.1, 0.15) is 0 Å². The Balaban J connectivity index is 1.77. The Kier molecular flexibility index (Phi) is 6.98. The van der Waals surface area contributed by atoms with Gasteiger partial charge in [0.25, 0.3) is 0 Å².